The molecule has 1 fully saturated rings. The summed E-state index contributed by atoms with van der Waals surface area (Å²) in [5, 5.41) is 2.95. The monoisotopic (exact) mass is 303 g/mol. The first kappa shape index (κ1) is 16.6. The van der Waals surface area contributed by atoms with Crippen LogP contribution in [0.5, 0.6) is 0 Å². The van der Waals surface area contributed by atoms with Crippen molar-refractivity contribution < 1.29 is 9.59 Å². The van der Waals surface area contributed by atoms with Crippen molar-refractivity contribution in [3.05, 3.63) is 29.8 Å². The molecule has 0 spiro atoms. The van der Waals surface area contributed by atoms with Crippen LogP contribution in [0.1, 0.15) is 38.2 Å². The fourth-order valence-corrected chi connectivity index (χ4v) is 2.66. The maximum absolute atomic E-state index is 12.0. The van der Waals surface area contributed by atoms with Crippen LogP contribution < -0.4 is 11.1 Å². The maximum Gasteiger partial charge on any atom is 0.224 e. The zero-order valence-corrected chi connectivity index (χ0v) is 13.2. The molecule has 2 rings (SSSR count). The quantitative estimate of drug-likeness (QED) is 0.807. The number of nitrogens with two attached hydrogens (primary N) is 1. The Hall–Kier alpha value is -1.72. The van der Waals surface area contributed by atoms with Gasteiger partial charge in [-0.2, -0.15) is 0 Å². The van der Waals surface area contributed by atoms with Crippen LogP contribution in [-0.2, 0) is 16.1 Å². The Morgan fingerprint density at radius 1 is 1.27 bits per heavy atom. The minimum Gasteiger partial charge on any atom is -0.326 e. The zero-order valence-electron chi connectivity index (χ0n) is 13.2. The second-order valence-corrected chi connectivity index (χ2v) is 5.94. The molecule has 1 saturated heterocycles. The summed E-state index contributed by atoms with van der Waals surface area (Å²) >= 11 is 0. The zero-order chi connectivity index (χ0) is 15.9. The van der Waals surface area contributed by atoms with Crippen molar-refractivity contribution >= 4 is 17.4 Å². The molecule has 0 aromatic heterocycles. The van der Waals surface area contributed by atoms with Crippen molar-refractivity contribution in [2.45, 2.75) is 45.2 Å². The number of carbonyl (C=O) groups is 2. The number of nitrogens with one attached hydrogen (secondary N) is 1. The van der Waals surface area contributed by atoms with Crippen LogP contribution in [0.25, 0.3) is 0 Å². The highest BCUT2D eigenvalue weighted by Gasteiger charge is 2.15. The number of nitrogens with zero attached hydrogens (tertiary/aromatic N) is 1. The van der Waals surface area contributed by atoms with E-state index >= 15 is 0 Å². The lowest BCUT2D eigenvalue weighted by Crippen LogP contribution is -2.29. The van der Waals surface area contributed by atoms with E-state index in [0.717, 1.165) is 30.9 Å². The summed E-state index contributed by atoms with van der Waals surface area (Å²) in [5.74, 6) is -0.173. The van der Waals surface area contributed by atoms with Gasteiger partial charge in [0.2, 0.25) is 5.91 Å². The summed E-state index contributed by atoms with van der Waals surface area (Å²) in [7, 11) is 0. The summed E-state index contributed by atoms with van der Waals surface area (Å²) in [6.45, 7) is 4.56. The van der Waals surface area contributed by atoms with E-state index in [0.29, 0.717) is 6.42 Å². The molecule has 1 atom stereocenters. The van der Waals surface area contributed by atoms with E-state index in [1.54, 1.807) is 0 Å². The van der Waals surface area contributed by atoms with Crippen molar-refractivity contribution in [3.8, 4) is 0 Å². The molecule has 1 amide bonds. The second-order valence-electron chi connectivity index (χ2n) is 5.94. The first-order valence-corrected chi connectivity index (χ1v) is 7.92. The number of amides is 1. The standard InChI is InChI=1S/C17H25N3O2/c1-13(21)15(18)8-9-17(22)19-16-7-3-2-6-14(16)12-20-10-4-5-11-20/h2-3,6-7,15H,4-5,8-12,18H2,1H3,(H,19,22)/t15-/m0/s1. The van der Waals surface area contributed by atoms with E-state index in [-0.39, 0.29) is 18.1 Å². The van der Waals surface area contributed by atoms with Gasteiger partial charge in [-0.15, -0.1) is 0 Å². The van der Waals surface area contributed by atoms with Gasteiger partial charge in [-0.25, -0.2) is 0 Å². The van der Waals surface area contributed by atoms with Crippen LogP contribution in [0.2, 0.25) is 0 Å². The number of likely N-dealkylation sites (tertiary alicyclic amines) is 1. The van der Waals surface area contributed by atoms with Gasteiger partial charge in [0.1, 0.15) is 5.78 Å². The number of para-hydroxylation sites is 1. The molecule has 1 aliphatic heterocycles. The van der Waals surface area contributed by atoms with Gasteiger partial charge in [-0.3, -0.25) is 14.5 Å². The van der Waals surface area contributed by atoms with Crippen molar-refractivity contribution in [3.63, 3.8) is 0 Å². The Labute approximate surface area is 131 Å². The number of benzene rings is 1. The first-order valence-electron chi connectivity index (χ1n) is 7.92. The molecule has 5 heteroatoms. The van der Waals surface area contributed by atoms with Crippen molar-refractivity contribution in [2.75, 3.05) is 18.4 Å². The minimum absolute atomic E-state index is 0.0813. The lowest BCUT2D eigenvalue weighted by Gasteiger charge is -2.18. The Kier molecular flexibility index (Phi) is 6.10. The fourth-order valence-electron chi connectivity index (χ4n) is 2.66. The average molecular weight is 303 g/mol. The van der Waals surface area contributed by atoms with Crippen LogP contribution >= 0.6 is 0 Å². The van der Waals surface area contributed by atoms with E-state index in [1.165, 1.54) is 19.8 Å². The van der Waals surface area contributed by atoms with Gasteiger partial charge in [0, 0.05) is 18.7 Å². The van der Waals surface area contributed by atoms with Gasteiger partial charge in [-0.1, -0.05) is 18.2 Å². The third-order valence-corrected chi connectivity index (χ3v) is 4.09. The van der Waals surface area contributed by atoms with Crippen LogP contribution in [0.15, 0.2) is 24.3 Å². The summed E-state index contributed by atoms with van der Waals surface area (Å²) in [5.41, 5.74) is 7.65. The summed E-state index contributed by atoms with van der Waals surface area (Å²) in [6.07, 6.45) is 3.14. The molecule has 0 unspecified atom stereocenters. The van der Waals surface area contributed by atoms with Gasteiger partial charge >= 0.3 is 0 Å². The SMILES string of the molecule is CC(=O)[C@@H](N)CCC(=O)Nc1ccccc1CN1CCCC1. The minimum atomic E-state index is -0.550. The topological polar surface area (TPSA) is 75.4 Å². The van der Waals surface area contributed by atoms with Gasteiger partial charge < -0.3 is 11.1 Å². The van der Waals surface area contributed by atoms with Crippen molar-refractivity contribution in [1.29, 1.82) is 0 Å². The normalized spacial score (nSPS) is 16.5. The van der Waals surface area contributed by atoms with Crippen LogP contribution in [0, 0.1) is 0 Å². The lowest BCUT2D eigenvalue weighted by atomic mass is 10.1. The largest absolute Gasteiger partial charge is 0.326 e. The molecule has 1 aliphatic rings. The van der Waals surface area contributed by atoms with Crippen LogP contribution in [0.3, 0.4) is 0 Å². The third-order valence-electron chi connectivity index (χ3n) is 4.09. The summed E-state index contributed by atoms with van der Waals surface area (Å²) in [4.78, 5) is 25.5. The van der Waals surface area contributed by atoms with Gasteiger partial charge in [-0.05, 0) is 50.9 Å². The van der Waals surface area contributed by atoms with E-state index < -0.39 is 6.04 Å². The van der Waals surface area contributed by atoms with Gasteiger partial charge in [0.25, 0.3) is 0 Å². The summed E-state index contributed by atoms with van der Waals surface area (Å²) in [6, 6.07) is 7.34. The van der Waals surface area contributed by atoms with E-state index in [9.17, 15) is 9.59 Å². The highest BCUT2D eigenvalue weighted by molar-refractivity contribution is 5.92. The number of anilines is 1. The number of Topliss-reactive ketones (excluding diaryl/α,β-unsaturated/α-hetero) is 1. The summed E-state index contributed by atoms with van der Waals surface area (Å²) < 4.78 is 0. The molecule has 1 heterocycles. The second kappa shape index (κ2) is 8.06. The Bertz CT molecular complexity index is 524. The molecule has 1 aromatic carbocycles. The molecule has 22 heavy (non-hydrogen) atoms. The molecular weight excluding hydrogens is 278 g/mol. The van der Waals surface area contributed by atoms with E-state index in [2.05, 4.69) is 16.3 Å². The molecule has 1 aromatic rings. The Morgan fingerprint density at radius 2 is 1.95 bits per heavy atom. The predicted octanol–water partition coefficient (Wildman–Crippen LogP) is 1.92. The fraction of sp³-hybridized carbons (Fsp3) is 0.529. The molecule has 120 valence electrons. The first-order chi connectivity index (χ1) is 10.6. The van der Waals surface area contributed by atoms with Crippen molar-refractivity contribution in [2.24, 2.45) is 5.73 Å². The molecule has 0 aliphatic carbocycles. The Morgan fingerprint density at radius 3 is 2.64 bits per heavy atom. The average Bonchev–Trinajstić information content (AvgIpc) is 2.99. The van der Waals surface area contributed by atoms with Crippen LogP contribution in [0.4, 0.5) is 5.69 Å². The maximum atomic E-state index is 12.0. The van der Waals surface area contributed by atoms with E-state index in [1.807, 2.05) is 18.2 Å². The third kappa shape index (κ3) is 4.93. The lowest BCUT2D eigenvalue weighted by molar-refractivity contribution is -0.119. The molecular formula is C17H25N3O2. The molecule has 0 saturated carbocycles. The number of hydrogen-bond acceptors (Lipinski definition) is 4. The highest BCUT2D eigenvalue weighted by atomic mass is 16.1. The number of rotatable bonds is 7. The van der Waals surface area contributed by atoms with Gasteiger partial charge in [0.05, 0.1) is 6.04 Å². The number of carbonyl (C=O) groups excluding carboxylic acids is 2. The smallest absolute Gasteiger partial charge is 0.224 e. The molecule has 0 bridgehead atoms. The van der Waals surface area contributed by atoms with Gasteiger partial charge in [0.15, 0.2) is 0 Å². The number of hydrogen-bond donors (Lipinski definition) is 2. The van der Waals surface area contributed by atoms with Crippen molar-refractivity contribution in [1.82, 2.24) is 4.90 Å². The Balaban J connectivity index is 1.91. The number of ketones is 1. The molecule has 5 nitrogen and oxygen atoms in total. The van der Waals surface area contributed by atoms with Crippen LogP contribution in [-0.4, -0.2) is 35.7 Å². The predicted molar refractivity (Wildman–Crippen MR) is 87.5 cm³/mol. The molecule has 0 radical (unpaired) electrons. The molecule has 3 N–H and O–H groups in total. The highest BCUT2D eigenvalue weighted by Crippen LogP contribution is 2.20. The van der Waals surface area contributed by atoms with E-state index in [4.69, 9.17) is 5.73 Å².